The highest BCUT2D eigenvalue weighted by molar-refractivity contribution is 9.10. The van der Waals surface area contributed by atoms with Crippen LogP contribution in [-0.2, 0) is 5.41 Å². The molecular weight excluding hydrogens is 346 g/mol. The van der Waals surface area contributed by atoms with Gasteiger partial charge in [0.1, 0.15) is 0 Å². The highest BCUT2D eigenvalue weighted by Crippen LogP contribution is 2.56. The van der Waals surface area contributed by atoms with Gasteiger partial charge in [0.25, 0.3) is 0 Å². The van der Waals surface area contributed by atoms with Crippen molar-refractivity contribution in [3.63, 3.8) is 0 Å². The molecule has 5 rings (SSSR count). The zero-order valence-corrected chi connectivity index (χ0v) is 14.7. The lowest BCUT2D eigenvalue weighted by Crippen LogP contribution is -2.29. The van der Waals surface area contributed by atoms with E-state index < -0.39 is 0 Å². The predicted octanol–water partition coefficient (Wildman–Crippen LogP) is 5.64. The van der Waals surface area contributed by atoms with Gasteiger partial charge < -0.3 is 0 Å². The molecule has 0 saturated heterocycles. The third-order valence-corrected chi connectivity index (χ3v) is 5.96. The van der Waals surface area contributed by atoms with Gasteiger partial charge in [-0.25, -0.2) is 0 Å². The van der Waals surface area contributed by atoms with Crippen LogP contribution in [0, 0.1) is 0 Å². The summed E-state index contributed by atoms with van der Waals surface area (Å²) < 4.78 is 1.14. The van der Waals surface area contributed by atoms with E-state index in [9.17, 15) is 0 Å². The van der Waals surface area contributed by atoms with Gasteiger partial charge in [0.2, 0.25) is 0 Å². The SMILES string of the molecule is CC1(C)c2ccc(Br)cc2C2c3ncccc3-c3cccc1c32. The van der Waals surface area contributed by atoms with Crippen LogP contribution in [-0.4, -0.2) is 4.98 Å². The normalized spacial score (nSPS) is 19.0. The number of aromatic nitrogens is 1. The molecule has 2 aromatic carbocycles. The summed E-state index contributed by atoms with van der Waals surface area (Å²) in [5.41, 5.74) is 9.55. The molecule has 1 heterocycles. The molecule has 0 spiro atoms. The Labute approximate surface area is 144 Å². The molecule has 2 aliphatic carbocycles. The first-order valence-electron chi connectivity index (χ1n) is 7.97. The number of benzene rings is 2. The van der Waals surface area contributed by atoms with E-state index >= 15 is 0 Å². The predicted molar refractivity (Wildman–Crippen MR) is 96.9 cm³/mol. The fourth-order valence-electron chi connectivity index (χ4n) is 4.46. The average Bonchev–Trinajstić information content (AvgIpc) is 2.88. The molecule has 112 valence electrons. The van der Waals surface area contributed by atoms with Crippen molar-refractivity contribution < 1.29 is 0 Å². The van der Waals surface area contributed by atoms with E-state index in [-0.39, 0.29) is 11.3 Å². The Bertz CT molecular complexity index is 971. The third kappa shape index (κ3) is 1.60. The first-order chi connectivity index (χ1) is 11.1. The minimum Gasteiger partial charge on any atom is -0.260 e. The van der Waals surface area contributed by atoms with Crippen LogP contribution in [0.2, 0.25) is 0 Å². The molecule has 0 fully saturated rings. The second kappa shape index (κ2) is 4.33. The van der Waals surface area contributed by atoms with Crippen LogP contribution in [0.5, 0.6) is 0 Å². The van der Waals surface area contributed by atoms with Crippen LogP contribution in [0.15, 0.2) is 59.2 Å². The summed E-state index contributed by atoms with van der Waals surface area (Å²) in [6.07, 6.45) is 1.92. The second-order valence-corrected chi connectivity index (χ2v) is 7.91. The molecule has 0 saturated carbocycles. The smallest absolute Gasteiger partial charge is 0.0601 e. The number of halogens is 1. The molecule has 23 heavy (non-hydrogen) atoms. The molecule has 2 aliphatic rings. The summed E-state index contributed by atoms with van der Waals surface area (Å²) >= 11 is 3.66. The fraction of sp³-hybridized carbons (Fsp3) is 0.190. The van der Waals surface area contributed by atoms with Crippen LogP contribution in [0.25, 0.3) is 11.1 Å². The molecule has 0 N–H and O–H groups in total. The van der Waals surface area contributed by atoms with Crippen molar-refractivity contribution >= 4 is 15.9 Å². The van der Waals surface area contributed by atoms with E-state index in [0.29, 0.717) is 0 Å². The lowest BCUT2D eigenvalue weighted by molar-refractivity contribution is 0.599. The molecular formula is C21H16BrN. The minimum absolute atomic E-state index is 0.0138. The van der Waals surface area contributed by atoms with Crippen LogP contribution < -0.4 is 0 Å². The van der Waals surface area contributed by atoms with E-state index in [2.05, 4.69) is 72.2 Å². The molecule has 3 aromatic rings. The zero-order chi connectivity index (χ0) is 15.8. The summed E-state index contributed by atoms with van der Waals surface area (Å²) in [6, 6.07) is 17.7. The first-order valence-corrected chi connectivity index (χ1v) is 8.77. The quantitative estimate of drug-likeness (QED) is 0.394. The van der Waals surface area contributed by atoms with Gasteiger partial charge in [0.05, 0.1) is 11.6 Å². The summed E-state index contributed by atoms with van der Waals surface area (Å²) in [5, 5.41) is 0. The van der Waals surface area contributed by atoms with Crippen molar-refractivity contribution in [2.24, 2.45) is 0 Å². The molecule has 0 radical (unpaired) electrons. The first kappa shape index (κ1) is 13.5. The monoisotopic (exact) mass is 361 g/mol. The van der Waals surface area contributed by atoms with E-state index in [1.54, 1.807) is 0 Å². The van der Waals surface area contributed by atoms with Crippen molar-refractivity contribution in [1.29, 1.82) is 0 Å². The Kier molecular flexibility index (Phi) is 2.54. The molecule has 2 heteroatoms. The lowest BCUT2D eigenvalue weighted by atomic mass is 9.65. The van der Waals surface area contributed by atoms with Gasteiger partial charge in [-0.05, 0) is 46.0 Å². The number of nitrogens with zero attached hydrogens (tertiary/aromatic N) is 1. The molecule has 0 bridgehead atoms. The van der Waals surface area contributed by atoms with E-state index in [0.717, 1.165) is 4.47 Å². The van der Waals surface area contributed by atoms with Gasteiger partial charge in [0.15, 0.2) is 0 Å². The summed E-state index contributed by atoms with van der Waals surface area (Å²) in [4.78, 5) is 4.76. The number of pyridine rings is 1. The molecule has 0 aliphatic heterocycles. The van der Waals surface area contributed by atoms with Gasteiger partial charge in [-0.15, -0.1) is 0 Å². The van der Waals surface area contributed by atoms with Gasteiger partial charge in [0, 0.05) is 21.6 Å². The van der Waals surface area contributed by atoms with E-state index in [1.165, 1.54) is 39.1 Å². The Morgan fingerprint density at radius 3 is 2.65 bits per heavy atom. The van der Waals surface area contributed by atoms with Crippen molar-refractivity contribution in [3.05, 3.63) is 87.1 Å². The van der Waals surface area contributed by atoms with Gasteiger partial charge in [-0.3, -0.25) is 4.98 Å². The molecule has 1 unspecified atom stereocenters. The largest absolute Gasteiger partial charge is 0.260 e. The van der Waals surface area contributed by atoms with Crippen molar-refractivity contribution in [3.8, 4) is 11.1 Å². The number of hydrogen-bond acceptors (Lipinski definition) is 1. The minimum atomic E-state index is 0.0138. The standard InChI is InChI=1S/C21H16BrN/c1-21(2)16-9-8-12(22)11-15(16)19-18-13(5-3-7-17(18)21)14-6-4-10-23-20(14)19/h3-11,19H,1-2H3. The third-order valence-electron chi connectivity index (χ3n) is 5.47. The number of hydrogen-bond donors (Lipinski definition) is 0. The molecule has 1 atom stereocenters. The summed E-state index contributed by atoms with van der Waals surface area (Å²) in [7, 11) is 0. The van der Waals surface area contributed by atoms with Gasteiger partial charge >= 0.3 is 0 Å². The van der Waals surface area contributed by atoms with Crippen LogP contribution >= 0.6 is 15.9 Å². The van der Waals surface area contributed by atoms with Crippen molar-refractivity contribution in [1.82, 2.24) is 4.98 Å². The Balaban J connectivity index is 1.96. The van der Waals surface area contributed by atoms with E-state index in [1.807, 2.05) is 12.3 Å². The maximum absolute atomic E-state index is 4.76. The summed E-state index contributed by atoms with van der Waals surface area (Å²) in [6.45, 7) is 4.67. The number of rotatable bonds is 0. The van der Waals surface area contributed by atoms with Crippen LogP contribution in [0.3, 0.4) is 0 Å². The number of fused-ring (bicyclic) bond motifs is 5. The second-order valence-electron chi connectivity index (χ2n) is 6.99. The van der Waals surface area contributed by atoms with Crippen LogP contribution in [0.1, 0.15) is 47.7 Å². The van der Waals surface area contributed by atoms with Gasteiger partial charge in [-0.1, -0.05) is 60.1 Å². The molecule has 1 aromatic heterocycles. The molecule has 1 nitrogen and oxygen atoms in total. The highest BCUT2D eigenvalue weighted by Gasteiger charge is 2.43. The van der Waals surface area contributed by atoms with Crippen molar-refractivity contribution in [2.45, 2.75) is 25.2 Å². The zero-order valence-electron chi connectivity index (χ0n) is 13.1. The highest BCUT2D eigenvalue weighted by atomic mass is 79.9. The van der Waals surface area contributed by atoms with E-state index in [4.69, 9.17) is 4.98 Å². The maximum atomic E-state index is 4.76. The molecule has 0 amide bonds. The lowest BCUT2D eigenvalue weighted by Gasteiger charge is -2.38. The Morgan fingerprint density at radius 2 is 1.78 bits per heavy atom. The maximum Gasteiger partial charge on any atom is 0.0601 e. The topological polar surface area (TPSA) is 12.9 Å². The Hall–Kier alpha value is -1.93. The summed E-state index contributed by atoms with van der Waals surface area (Å²) in [5.74, 6) is 0.262. The fourth-order valence-corrected chi connectivity index (χ4v) is 4.84. The Morgan fingerprint density at radius 1 is 0.957 bits per heavy atom. The van der Waals surface area contributed by atoms with Crippen LogP contribution in [0.4, 0.5) is 0 Å². The van der Waals surface area contributed by atoms with Crippen molar-refractivity contribution in [2.75, 3.05) is 0 Å². The van der Waals surface area contributed by atoms with Gasteiger partial charge in [-0.2, -0.15) is 0 Å². The average molecular weight is 362 g/mol.